The smallest absolute Gasteiger partial charge is 0.0716 e. The van der Waals surface area contributed by atoms with Gasteiger partial charge in [-0.3, -0.25) is 4.90 Å². The van der Waals surface area contributed by atoms with Crippen molar-refractivity contribution in [1.29, 1.82) is 0 Å². The van der Waals surface area contributed by atoms with Crippen molar-refractivity contribution >= 4 is 0 Å². The molecule has 0 spiro atoms. The first-order valence-electron chi connectivity index (χ1n) is 8.36. The molecule has 3 heteroatoms. The van der Waals surface area contributed by atoms with Gasteiger partial charge in [0.05, 0.1) is 6.61 Å². The first-order valence-corrected chi connectivity index (χ1v) is 8.36. The van der Waals surface area contributed by atoms with Gasteiger partial charge in [-0.15, -0.1) is 0 Å². The largest absolute Gasteiger partial charge is 0.380 e. The van der Waals surface area contributed by atoms with Crippen LogP contribution in [0.4, 0.5) is 0 Å². The lowest BCUT2D eigenvalue weighted by Gasteiger charge is -2.26. The van der Waals surface area contributed by atoms with E-state index in [4.69, 9.17) is 4.74 Å². The molecule has 1 saturated carbocycles. The van der Waals surface area contributed by atoms with Gasteiger partial charge in [0.2, 0.25) is 0 Å². The Morgan fingerprint density at radius 2 is 1.95 bits per heavy atom. The fourth-order valence-electron chi connectivity index (χ4n) is 3.34. The number of nitrogens with zero attached hydrogens (tertiary/aromatic N) is 1. The van der Waals surface area contributed by atoms with Crippen molar-refractivity contribution in [1.82, 2.24) is 10.2 Å². The summed E-state index contributed by atoms with van der Waals surface area (Å²) in [5, 5.41) is 3.64. The molecule has 0 aromatic heterocycles. The Morgan fingerprint density at radius 3 is 2.62 bits per heavy atom. The van der Waals surface area contributed by atoms with Crippen LogP contribution in [-0.4, -0.2) is 37.7 Å². The summed E-state index contributed by atoms with van der Waals surface area (Å²) >= 11 is 0. The summed E-state index contributed by atoms with van der Waals surface area (Å²) in [7, 11) is 1.78. The van der Waals surface area contributed by atoms with Crippen molar-refractivity contribution in [3.05, 3.63) is 35.4 Å². The molecule has 1 saturated heterocycles. The minimum Gasteiger partial charge on any atom is -0.380 e. The zero-order valence-electron chi connectivity index (χ0n) is 13.2. The maximum atomic E-state index is 5.35. The van der Waals surface area contributed by atoms with Crippen LogP contribution >= 0.6 is 0 Å². The van der Waals surface area contributed by atoms with Crippen LogP contribution < -0.4 is 5.32 Å². The predicted octanol–water partition coefficient (Wildman–Crippen LogP) is 2.80. The molecule has 1 aromatic rings. The molecular formula is C18H28N2O. The molecule has 1 aliphatic heterocycles. The monoisotopic (exact) mass is 288 g/mol. The second-order valence-electron chi connectivity index (χ2n) is 6.63. The van der Waals surface area contributed by atoms with Crippen molar-refractivity contribution in [3.8, 4) is 0 Å². The Morgan fingerprint density at radius 1 is 1.14 bits per heavy atom. The second-order valence-corrected chi connectivity index (χ2v) is 6.63. The van der Waals surface area contributed by atoms with E-state index in [1.54, 1.807) is 7.11 Å². The Balaban J connectivity index is 1.64. The molecule has 2 aliphatic rings. The first kappa shape index (κ1) is 15.0. The third-order valence-corrected chi connectivity index (χ3v) is 4.67. The van der Waals surface area contributed by atoms with E-state index < -0.39 is 0 Å². The number of rotatable bonds is 8. The van der Waals surface area contributed by atoms with Crippen LogP contribution in [0, 0.1) is 5.92 Å². The van der Waals surface area contributed by atoms with E-state index in [-0.39, 0.29) is 0 Å². The number of methoxy groups -OCH3 is 1. The van der Waals surface area contributed by atoms with Crippen LogP contribution in [0.3, 0.4) is 0 Å². The van der Waals surface area contributed by atoms with E-state index in [2.05, 4.69) is 34.5 Å². The quantitative estimate of drug-likeness (QED) is 0.796. The highest BCUT2D eigenvalue weighted by atomic mass is 16.5. The third-order valence-electron chi connectivity index (χ3n) is 4.67. The summed E-state index contributed by atoms with van der Waals surface area (Å²) < 4.78 is 5.35. The molecule has 1 N–H and O–H groups in total. The van der Waals surface area contributed by atoms with Crippen LogP contribution in [0.15, 0.2) is 24.3 Å². The molecule has 0 bridgehead atoms. The van der Waals surface area contributed by atoms with E-state index in [0.717, 1.165) is 19.1 Å². The molecule has 21 heavy (non-hydrogen) atoms. The lowest BCUT2D eigenvalue weighted by Crippen LogP contribution is -2.38. The van der Waals surface area contributed by atoms with Gasteiger partial charge in [-0.1, -0.05) is 24.3 Å². The topological polar surface area (TPSA) is 24.5 Å². The molecule has 1 atom stereocenters. The molecule has 1 unspecified atom stereocenters. The summed E-state index contributed by atoms with van der Waals surface area (Å²) in [6.45, 7) is 5.43. The Hall–Kier alpha value is -0.900. The Kier molecular flexibility index (Phi) is 5.28. The summed E-state index contributed by atoms with van der Waals surface area (Å²) in [5.74, 6) is 0.945. The molecule has 1 aromatic carbocycles. The van der Waals surface area contributed by atoms with Gasteiger partial charge in [0, 0.05) is 32.8 Å². The predicted molar refractivity (Wildman–Crippen MR) is 86.2 cm³/mol. The SMILES string of the molecule is COCc1ccccc1CN(CC1CC1)CC1CCCN1. The maximum absolute atomic E-state index is 5.35. The molecule has 1 aliphatic carbocycles. The Bertz CT molecular complexity index is 439. The lowest BCUT2D eigenvalue weighted by atomic mass is 10.1. The third kappa shape index (κ3) is 4.53. The average Bonchev–Trinajstić information content (AvgIpc) is 3.15. The summed E-state index contributed by atoms with van der Waals surface area (Å²) in [5.41, 5.74) is 2.76. The standard InChI is InChI=1S/C18H28N2O/c1-21-14-17-6-3-2-5-16(17)12-20(11-15-8-9-15)13-18-7-4-10-19-18/h2-3,5-6,15,18-19H,4,7-14H2,1H3. The highest BCUT2D eigenvalue weighted by Gasteiger charge is 2.26. The number of nitrogens with one attached hydrogen (secondary N) is 1. The minimum atomic E-state index is 0.693. The van der Waals surface area contributed by atoms with Gasteiger partial charge >= 0.3 is 0 Å². The van der Waals surface area contributed by atoms with E-state index in [0.29, 0.717) is 6.04 Å². The molecule has 3 rings (SSSR count). The highest BCUT2D eigenvalue weighted by molar-refractivity contribution is 5.26. The van der Waals surface area contributed by atoms with Crippen LogP contribution in [0.5, 0.6) is 0 Å². The zero-order chi connectivity index (χ0) is 14.5. The van der Waals surface area contributed by atoms with E-state index in [1.807, 2.05) is 0 Å². The summed E-state index contributed by atoms with van der Waals surface area (Å²) in [6.07, 6.45) is 5.52. The first-order chi connectivity index (χ1) is 10.3. The average molecular weight is 288 g/mol. The molecule has 0 radical (unpaired) electrons. The van der Waals surface area contributed by atoms with Gasteiger partial charge in [-0.2, -0.15) is 0 Å². The molecular weight excluding hydrogens is 260 g/mol. The van der Waals surface area contributed by atoms with Gasteiger partial charge in [0.1, 0.15) is 0 Å². The zero-order valence-corrected chi connectivity index (χ0v) is 13.2. The van der Waals surface area contributed by atoms with Crippen molar-refractivity contribution in [2.45, 2.75) is 44.9 Å². The van der Waals surface area contributed by atoms with Gasteiger partial charge in [0.25, 0.3) is 0 Å². The number of benzene rings is 1. The fourth-order valence-corrected chi connectivity index (χ4v) is 3.34. The van der Waals surface area contributed by atoms with Crippen LogP contribution in [0.1, 0.15) is 36.8 Å². The van der Waals surface area contributed by atoms with E-state index in [1.165, 1.54) is 56.4 Å². The fraction of sp³-hybridized carbons (Fsp3) is 0.667. The van der Waals surface area contributed by atoms with Crippen molar-refractivity contribution in [2.24, 2.45) is 5.92 Å². The van der Waals surface area contributed by atoms with Crippen LogP contribution in [0.25, 0.3) is 0 Å². The number of hydrogen-bond donors (Lipinski definition) is 1. The van der Waals surface area contributed by atoms with E-state index in [9.17, 15) is 0 Å². The van der Waals surface area contributed by atoms with Gasteiger partial charge < -0.3 is 10.1 Å². The van der Waals surface area contributed by atoms with Crippen molar-refractivity contribution in [3.63, 3.8) is 0 Å². The summed E-state index contributed by atoms with van der Waals surface area (Å²) in [6, 6.07) is 9.41. The van der Waals surface area contributed by atoms with Gasteiger partial charge in [-0.25, -0.2) is 0 Å². The Labute approximate surface area is 128 Å². The maximum Gasteiger partial charge on any atom is 0.0716 e. The van der Waals surface area contributed by atoms with Crippen LogP contribution in [0.2, 0.25) is 0 Å². The molecule has 3 nitrogen and oxygen atoms in total. The van der Waals surface area contributed by atoms with E-state index >= 15 is 0 Å². The second kappa shape index (κ2) is 7.39. The number of hydrogen-bond acceptors (Lipinski definition) is 3. The van der Waals surface area contributed by atoms with Gasteiger partial charge in [0.15, 0.2) is 0 Å². The molecule has 1 heterocycles. The lowest BCUT2D eigenvalue weighted by molar-refractivity contribution is 0.181. The highest BCUT2D eigenvalue weighted by Crippen LogP contribution is 2.30. The van der Waals surface area contributed by atoms with Crippen molar-refractivity contribution in [2.75, 3.05) is 26.7 Å². The summed E-state index contributed by atoms with van der Waals surface area (Å²) in [4.78, 5) is 2.66. The molecule has 2 fully saturated rings. The molecule has 116 valence electrons. The normalized spacial score (nSPS) is 22.1. The van der Waals surface area contributed by atoms with Crippen molar-refractivity contribution < 1.29 is 4.74 Å². The molecule has 0 amide bonds. The van der Waals surface area contributed by atoms with Crippen LogP contribution in [-0.2, 0) is 17.9 Å². The van der Waals surface area contributed by atoms with Gasteiger partial charge in [-0.05, 0) is 49.3 Å². The number of ether oxygens (including phenoxy) is 1. The minimum absolute atomic E-state index is 0.693.